The number of nitrogens with one attached hydrogen (secondary N) is 1. The first-order valence-electron chi connectivity index (χ1n) is 12.8. The topological polar surface area (TPSA) is 94.9 Å². The molecule has 0 spiro atoms. The summed E-state index contributed by atoms with van der Waals surface area (Å²) in [5.74, 6) is 0.206. The molecule has 2 bridgehead atoms. The SMILES string of the molecule is N#Cc1ccc(CN2CCN3C(=O)c4ccccc4OCC[C@@H]4CCC[C@@H](CNC(=O)[C@@H]3C2)O4)cc1. The average Bonchev–Trinajstić information content (AvgIpc) is 2.92. The fourth-order valence-corrected chi connectivity index (χ4v) is 5.29. The monoisotopic (exact) mass is 488 g/mol. The van der Waals surface area contributed by atoms with Crippen LogP contribution in [0.4, 0.5) is 0 Å². The van der Waals surface area contributed by atoms with E-state index in [1.165, 1.54) is 0 Å². The zero-order valence-electron chi connectivity index (χ0n) is 20.4. The van der Waals surface area contributed by atoms with E-state index in [1.54, 1.807) is 23.1 Å². The number of hydrogen-bond donors (Lipinski definition) is 1. The van der Waals surface area contributed by atoms with E-state index in [-0.39, 0.29) is 24.0 Å². The van der Waals surface area contributed by atoms with Gasteiger partial charge in [-0.05, 0) is 49.1 Å². The number of carbonyl (C=O) groups is 2. The van der Waals surface area contributed by atoms with Crippen molar-refractivity contribution in [3.8, 4) is 11.8 Å². The fourth-order valence-electron chi connectivity index (χ4n) is 5.29. The third-order valence-corrected chi connectivity index (χ3v) is 7.27. The van der Waals surface area contributed by atoms with E-state index in [9.17, 15) is 9.59 Å². The van der Waals surface area contributed by atoms with Crippen LogP contribution in [-0.2, 0) is 16.1 Å². The van der Waals surface area contributed by atoms with Crippen molar-refractivity contribution in [2.24, 2.45) is 0 Å². The lowest BCUT2D eigenvalue weighted by Gasteiger charge is -2.41. The number of amides is 2. The molecule has 2 aromatic rings. The van der Waals surface area contributed by atoms with Crippen LogP contribution in [-0.4, -0.2) is 72.6 Å². The summed E-state index contributed by atoms with van der Waals surface area (Å²) >= 11 is 0. The highest BCUT2D eigenvalue weighted by Gasteiger charge is 2.37. The average molecular weight is 489 g/mol. The Morgan fingerprint density at radius 1 is 1.00 bits per heavy atom. The number of hydrogen-bond acceptors (Lipinski definition) is 6. The van der Waals surface area contributed by atoms with E-state index >= 15 is 0 Å². The first kappa shape index (κ1) is 24.3. The van der Waals surface area contributed by atoms with Crippen LogP contribution in [0.3, 0.4) is 0 Å². The normalized spacial score (nSPS) is 25.4. The van der Waals surface area contributed by atoms with Crippen LogP contribution in [0.5, 0.6) is 5.75 Å². The minimum Gasteiger partial charge on any atom is -0.493 e. The summed E-state index contributed by atoms with van der Waals surface area (Å²) < 4.78 is 12.3. The van der Waals surface area contributed by atoms with Crippen LogP contribution in [0.1, 0.15) is 47.2 Å². The van der Waals surface area contributed by atoms with Crippen molar-refractivity contribution in [1.82, 2.24) is 15.1 Å². The van der Waals surface area contributed by atoms with E-state index in [4.69, 9.17) is 14.7 Å². The van der Waals surface area contributed by atoms with Gasteiger partial charge in [0.1, 0.15) is 11.8 Å². The molecule has 0 unspecified atom stereocenters. The molecule has 0 saturated carbocycles. The minimum atomic E-state index is -0.625. The number of nitriles is 1. The minimum absolute atomic E-state index is 0.0228. The van der Waals surface area contributed by atoms with Crippen molar-refractivity contribution >= 4 is 11.8 Å². The zero-order valence-corrected chi connectivity index (χ0v) is 20.4. The molecule has 8 heteroatoms. The van der Waals surface area contributed by atoms with Crippen molar-refractivity contribution in [3.63, 3.8) is 0 Å². The Morgan fingerprint density at radius 2 is 1.81 bits per heavy atom. The molecule has 36 heavy (non-hydrogen) atoms. The lowest BCUT2D eigenvalue weighted by molar-refractivity contribution is -0.129. The maximum Gasteiger partial charge on any atom is 0.258 e. The molecule has 2 amide bonds. The van der Waals surface area contributed by atoms with E-state index in [0.29, 0.717) is 56.2 Å². The van der Waals surface area contributed by atoms with Gasteiger partial charge >= 0.3 is 0 Å². The Hall–Kier alpha value is -3.41. The van der Waals surface area contributed by atoms with E-state index in [0.717, 1.165) is 31.2 Å². The second kappa shape index (κ2) is 11.1. The van der Waals surface area contributed by atoms with Gasteiger partial charge in [-0.15, -0.1) is 0 Å². The summed E-state index contributed by atoms with van der Waals surface area (Å²) in [6.45, 7) is 3.08. The number of piperazine rings is 1. The van der Waals surface area contributed by atoms with Crippen molar-refractivity contribution in [2.75, 3.05) is 32.8 Å². The van der Waals surface area contributed by atoms with Crippen molar-refractivity contribution < 1.29 is 19.1 Å². The van der Waals surface area contributed by atoms with Gasteiger partial charge in [0.2, 0.25) is 5.91 Å². The molecule has 3 atom stereocenters. The molecule has 2 fully saturated rings. The second-order valence-electron chi connectivity index (χ2n) is 9.75. The van der Waals surface area contributed by atoms with Gasteiger partial charge in [-0.25, -0.2) is 0 Å². The lowest BCUT2D eigenvalue weighted by atomic mass is 10.0. The van der Waals surface area contributed by atoms with Crippen LogP contribution >= 0.6 is 0 Å². The van der Waals surface area contributed by atoms with Gasteiger partial charge < -0.3 is 19.7 Å². The Bertz CT molecular complexity index is 1130. The summed E-state index contributed by atoms with van der Waals surface area (Å²) in [6.07, 6.45) is 3.79. The summed E-state index contributed by atoms with van der Waals surface area (Å²) in [4.78, 5) is 31.0. The molecule has 3 heterocycles. The number of para-hydroxylation sites is 1. The molecular weight excluding hydrogens is 456 g/mol. The Morgan fingerprint density at radius 3 is 2.64 bits per heavy atom. The van der Waals surface area contributed by atoms with Gasteiger partial charge in [-0.3, -0.25) is 14.5 Å². The number of rotatable bonds is 2. The summed E-state index contributed by atoms with van der Waals surface area (Å²) in [7, 11) is 0. The fraction of sp³-hybridized carbons (Fsp3) is 0.464. The maximum atomic E-state index is 13.7. The molecule has 8 nitrogen and oxygen atoms in total. The number of ether oxygens (including phenoxy) is 2. The van der Waals surface area contributed by atoms with Crippen LogP contribution in [0, 0.1) is 11.3 Å². The van der Waals surface area contributed by atoms with Crippen molar-refractivity contribution in [1.29, 1.82) is 5.26 Å². The smallest absolute Gasteiger partial charge is 0.258 e. The highest BCUT2D eigenvalue weighted by atomic mass is 16.5. The molecule has 188 valence electrons. The molecule has 5 rings (SSSR count). The molecule has 3 aliphatic heterocycles. The third kappa shape index (κ3) is 5.53. The van der Waals surface area contributed by atoms with Gasteiger partial charge in [-0.2, -0.15) is 5.26 Å². The van der Waals surface area contributed by atoms with Crippen LogP contribution in [0.25, 0.3) is 0 Å². The zero-order chi connectivity index (χ0) is 24.9. The Balaban J connectivity index is 1.39. The van der Waals surface area contributed by atoms with E-state index in [2.05, 4.69) is 16.3 Å². The van der Waals surface area contributed by atoms with Crippen LogP contribution in [0.2, 0.25) is 0 Å². The predicted octanol–water partition coefficient (Wildman–Crippen LogP) is 2.72. The van der Waals surface area contributed by atoms with Gasteiger partial charge in [-0.1, -0.05) is 24.3 Å². The second-order valence-corrected chi connectivity index (χ2v) is 9.75. The quantitative estimate of drug-likeness (QED) is 0.699. The van der Waals surface area contributed by atoms with Crippen molar-refractivity contribution in [3.05, 3.63) is 65.2 Å². The van der Waals surface area contributed by atoms with Gasteiger partial charge in [0.25, 0.3) is 5.91 Å². The first-order chi connectivity index (χ1) is 17.6. The molecule has 0 aromatic heterocycles. The maximum absolute atomic E-state index is 13.7. The predicted molar refractivity (Wildman–Crippen MR) is 133 cm³/mol. The van der Waals surface area contributed by atoms with Crippen LogP contribution in [0.15, 0.2) is 48.5 Å². The largest absolute Gasteiger partial charge is 0.493 e. The Kier molecular flexibility index (Phi) is 7.49. The van der Waals surface area contributed by atoms with Gasteiger partial charge in [0, 0.05) is 39.1 Å². The van der Waals surface area contributed by atoms with Gasteiger partial charge in [0.05, 0.1) is 36.0 Å². The number of fused-ring (bicyclic) bond motifs is 4. The highest BCUT2D eigenvalue weighted by molar-refractivity contribution is 6.00. The molecule has 3 aliphatic rings. The molecule has 1 N–H and O–H groups in total. The molecule has 2 aromatic carbocycles. The third-order valence-electron chi connectivity index (χ3n) is 7.27. The van der Waals surface area contributed by atoms with Crippen LogP contribution < -0.4 is 10.1 Å². The standard InChI is InChI=1S/C28H32N4O4/c29-16-20-8-10-21(11-9-20)18-31-13-14-32-25(19-31)27(33)30-17-23-5-3-4-22(36-23)12-15-35-26-7-2-1-6-24(26)28(32)34/h1-2,6-11,22-23,25H,3-5,12-15,17-19H2,(H,30,33)/t22-,23-,25-/m0/s1. The number of benzene rings is 2. The summed E-state index contributed by atoms with van der Waals surface area (Å²) in [5.41, 5.74) is 2.17. The summed E-state index contributed by atoms with van der Waals surface area (Å²) in [5, 5.41) is 12.1. The molecule has 0 aliphatic carbocycles. The number of carbonyl (C=O) groups excluding carboxylic acids is 2. The summed E-state index contributed by atoms with van der Waals surface area (Å²) in [6, 6.07) is 16.3. The highest BCUT2D eigenvalue weighted by Crippen LogP contribution is 2.26. The van der Waals surface area contributed by atoms with E-state index in [1.807, 2.05) is 30.3 Å². The van der Waals surface area contributed by atoms with E-state index < -0.39 is 6.04 Å². The van der Waals surface area contributed by atoms with Gasteiger partial charge in [0.15, 0.2) is 0 Å². The lowest BCUT2D eigenvalue weighted by Crippen LogP contribution is -2.61. The van der Waals surface area contributed by atoms with Crippen molar-refractivity contribution in [2.45, 2.75) is 50.5 Å². The molecular formula is C28H32N4O4. The number of nitrogens with zero attached hydrogens (tertiary/aromatic N) is 3. The Labute approximate surface area is 211 Å². The molecule has 0 radical (unpaired) electrons. The molecule has 2 saturated heterocycles. The first-order valence-corrected chi connectivity index (χ1v) is 12.8.